The summed E-state index contributed by atoms with van der Waals surface area (Å²) in [6.07, 6.45) is 0.243. The van der Waals surface area contributed by atoms with Gasteiger partial charge in [0.1, 0.15) is 5.75 Å². The lowest BCUT2D eigenvalue weighted by atomic mass is 10.2. The van der Waals surface area contributed by atoms with Crippen molar-refractivity contribution in [1.82, 2.24) is 10.2 Å². The lowest BCUT2D eigenvalue weighted by molar-refractivity contribution is -0.116. The zero-order valence-electron chi connectivity index (χ0n) is 15.9. The number of carbonyl (C=O) groups is 1. The Morgan fingerprint density at radius 1 is 0.964 bits per heavy atom. The van der Waals surface area contributed by atoms with Crippen molar-refractivity contribution in [3.8, 4) is 5.75 Å². The maximum Gasteiger partial charge on any atom is 0.229 e. The van der Waals surface area contributed by atoms with Crippen LogP contribution in [0.15, 0.2) is 72.8 Å². The van der Waals surface area contributed by atoms with E-state index in [9.17, 15) is 4.79 Å². The molecular weight excluding hydrogens is 352 g/mol. The van der Waals surface area contributed by atoms with Gasteiger partial charge in [-0.15, -0.1) is 10.2 Å². The van der Waals surface area contributed by atoms with Crippen molar-refractivity contribution in [2.24, 2.45) is 0 Å². The van der Waals surface area contributed by atoms with Crippen LogP contribution in [0.2, 0.25) is 0 Å². The zero-order valence-corrected chi connectivity index (χ0v) is 15.9. The van der Waals surface area contributed by atoms with Gasteiger partial charge in [-0.25, -0.2) is 0 Å². The standard InChI is InChI=1S/C22H24N4O2/c1-2-26(17-18-9-5-3-6-10-18)21-14-13-20(24-25-21)23-22(27)15-16-28-19-11-7-4-8-12-19/h3-14H,2,15-17H2,1H3,(H,23,24,27). The van der Waals surface area contributed by atoms with Crippen LogP contribution in [-0.4, -0.2) is 29.3 Å². The van der Waals surface area contributed by atoms with E-state index in [4.69, 9.17) is 4.74 Å². The second-order valence-electron chi connectivity index (χ2n) is 6.24. The molecule has 0 unspecified atom stereocenters. The molecule has 0 aliphatic heterocycles. The summed E-state index contributed by atoms with van der Waals surface area (Å²) in [5.41, 5.74) is 1.21. The van der Waals surface area contributed by atoms with Crippen LogP contribution in [0.1, 0.15) is 18.9 Å². The van der Waals surface area contributed by atoms with Gasteiger partial charge in [-0.05, 0) is 36.8 Å². The molecule has 0 aliphatic rings. The molecule has 3 rings (SSSR count). The molecule has 3 aromatic rings. The Balaban J connectivity index is 1.49. The molecule has 0 spiro atoms. The van der Waals surface area contributed by atoms with Crippen LogP contribution in [0.25, 0.3) is 0 Å². The van der Waals surface area contributed by atoms with Gasteiger partial charge in [0.05, 0.1) is 13.0 Å². The van der Waals surface area contributed by atoms with Crippen LogP contribution < -0.4 is 15.0 Å². The first-order valence-corrected chi connectivity index (χ1v) is 9.35. The number of para-hydroxylation sites is 1. The minimum Gasteiger partial charge on any atom is -0.493 e. The molecule has 1 amide bonds. The molecule has 0 fully saturated rings. The highest BCUT2D eigenvalue weighted by molar-refractivity contribution is 5.89. The number of ether oxygens (including phenoxy) is 1. The van der Waals surface area contributed by atoms with Gasteiger partial charge in [0, 0.05) is 13.1 Å². The van der Waals surface area contributed by atoms with Gasteiger partial charge >= 0.3 is 0 Å². The van der Waals surface area contributed by atoms with Crippen molar-refractivity contribution in [1.29, 1.82) is 0 Å². The topological polar surface area (TPSA) is 67.4 Å². The van der Waals surface area contributed by atoms with E-state index in [1.165, 1.54) is 5.56 Å². The molecule has 1 heterocycles. The smallest absolute Gasteiger partial charge is 0.229 e. The van der Waals surface area contributed by atoms with Gasteiger partial charge in [-0.1, -0.05) is 48.5 Å². The summed E-state index contributed by atoms with van der Waals surface area (Å²) in [6.45, 7) is 3.95. The van der Waals surface area contributed by atoms with Crippen molar-refractivity contribution in [2.45, 2.75) is 19.9 Å². The number of hydrogen-bond donors (Lipinski definition) is 1. The lowest BCUT2D eigenvalue weighted by Gasteiger charge is -2.21. The number of carbonyl (C=O) groups excluding carboxylic acids is 1. The molecule has 0 saturated carbocycles. The molecular formula is C22H24N4O2. The number of nitrogens with zero attached hydrogens (tertiary/aromatic N) is 3. The number of nitrogens with one attached hydrogen (secondary N) is 1. The molecule has 6 nitrogen and oxygen atoms in total. The van der Waals surface area contributed by atoms with Crippen LogP contribution in [0.5, 0.6) is 5.75 Å². The maximum atomic E-state index is 12.0. The first kappa shape index (κ1) is 19.4. The molecule has 28 heavy (non-hydrogen) atoms. The largest absolute Gasteiger partial charge is 0.493 e. The number of hydrogen-bond acceptors (Lipinski definition) is 5. The van der Waals surface area contributed by atoms with E-state index in [0.29, 0.717) is 12.4 Å². The first-order chi connectivity index (χ1) is 13.7. The fourth-order valence-corrected chi connectivity index (χ4v) is 2.70. The van der Waals surface area contributed by atoms with E-state index in [-0.39, 0.29) is 12.3 Å². The van der Waals surface area contributed by atoms with Crippen molar-refractivity contribution in [3.63, 3.8) is 0 Å². The molecule has 0 saturated heterocycles. The van der Waals surface area contributed by atoms with E-state index in [0.717, 1.165) is 24.7 Å². The Hall–Kier alpha value is -3.41. The normalized spacial score (nSPS) is 10.3. The summed E-state index contributed by atoms with van der Waals surface area (Å²) < 4.78 is 5.53. The van der Waals surface area contributed by atoms with Crippen LogP contribution in [0.3, 0.4) is 0 Å². The van der Waals surface area contributed by atoms with Gasteiger partial charge < -0.3 is 15.0 Å². The number of rotatable bonds is 9. The Morgan fingerprint density at radius 3 is 2.32 bits per heavy atom. The highest BCUT2D eigenvalue weighted by atomic mass is 16.5. The molecule has 0 aliphatic carbocycles. The average Bonchev–Trinajstić information content (AvgIpc) is 2.74. The van der Waals surface area contributed by atoms with Crippen LogP contribution in [-0.2, 0) is 11.3 Å². The number of anilines is 2. The van der Waals surface area contributed by atoms with E-state index in [1.807, 2.05) is 54.6 Å². The van der Waals surface area contributed by atoms with Crippen molar-refractivity contribution < 1.29 is 9.53 Å². The van der Waals surface area contributed by atoms with Gasteiger partial charge in [0.15, 0.2) is 11.6 Å². The molecule has 6 heteroatoms. The third-order valence-electron chi connectivity index (χ3n) is 4.18. The van der Waals surface area contributed by atoms with E-state index >= 15 is 0 Å². The highest BCUT2D eigenvalue weighted by Gasteiger charge is 2.09. The Morgan fingerprint density at radius 2 is 1.68 bits per heavy atom. The molecule has 0 atom stereocenters. The monoisotopic (exact) mass is 376 g/mol. The first-order valence-electron chi connectivity index (χ1n) is 9.35. The Bertz CT molecular complexity index is 855. The zero-order chi connectivity index (χ0) is 19.6. The summed E-state index contributed by atoms with van der Waals surface area (Å²) in [4.78, 5) is 14.2. The average molecular weight is 376 g/mol. The van der Waals surface area contributed by atoms with E-state index in [1.54, 1.807) is 6.07 Å². The van der Waals surface area contributed by atoms with Crippen molar-refractivity contribution >= 4 is 17.5 Å². The quantitative estimate of drug-likeness (QED) is 0.613. The van der Waals surface area contributed by atoms with Gasteiger partial charge in [0.2, 0.25) is 5.91 Å². The highest BCUT2D eigenvalue weighted by Crippen LogP contribution is 2.15. The van der Waals surface area contributed by atoms with Crippen LogP contribution in [0, 0.1) is 0 Å². The minimum absolute atomic E-state index is 0.158. The number of benzene rings is 2. The molecule has 0 bridgehead atoms. The van der Waals surface area contributed by atoms with Gasteiger partial charge in [0.25, 0.3) is 0 Å². The Kier molecular flexibility index (Phi) is 6.95. The van der Waals surface area contributed by atoms with Gasteiger partial charge in [-0.3, -0.25) is 4.79 Å². The summed E-state index contributed by atoms with van der Waals surface area (Å²) in [7, 11) is 0. The lowest BCUT2D eigenvalue weighted by Crippen LogP contribution is -2.23. The van der Waals surface area contributed by atoms with Crippen molar-refractivity contribution in [3.05, 3.63) is 78.4 Å². The summed E-state index contributed by atoms with van der Waals surface area (Å²) in [5, 5.41) is 11.1. The van der Waals surface area contributed by atoms with Crippen molar-refractivity contribution in [2.75, 3.05) is 23.4 Å². The summed E-state index contributed by atoms with van der Waals surface area (Å²) >= 11 is 0. The fourth-order valence-electron chi connectivity index (χ4n) is 2.70. The Labute approximate surface area is 165 Å². The second-order valence-corrected chi connectivity index (χ2v) is 6.24. The molecule has 144 valence electrons. The van der Waals surface area contributed by atoms with Crippen LogP contribution >= 0.6 is 0 Å². The van der Waals surface area contributed by atoms with E-state index < -0.39 is 0 Å². The molecule has 0 radical (unpaired) electrons. The maximum absolute atomic E-state index is 12.0. The number of aromatic nitrogens is 2. The summed E-state index contributed by atoms with van der Waals surface area (Å²) in [6, 6.07) is 23.3. The predicted molar refractivity (Wildman–Crippen MR) is 110 cm³/mol. The third kappa shape index (κ3) is 5.81. The fraction of sp³-hybridized carbons (Fsp3) is 0.227. The minimum atomic E-state index is -0.158. The third-order valence-corrected chi connectivity index (χ3v) is 4.18. The van der Waals surface area contributed by atoms with Crippen LogP contribution in [0.4, 0.5) is 11.6 Å². The summed E-state index contributed by atoms with van der Waals surface area (Å²) in [5.74, 6) is 1.80. The molecule has 1 N–H and O–H groups in total. The van der Waals surface area contributed by atoms with E-state index in [2.05, 4.69) is 39.5 Å². The second kappa shape index (κ2) is 10.1. The number of amides is 1. The predicted octanol–water partition coefficient (Wildman–Crippen LogP) is 3.91. The molecule has 2 aromatic carbocycles. The molecule has 1 aromatic heterocycles. The van der Waals surface area contributed by atoms with Gasteiger partial charge in [-0.2, -0.15) is 0 Å². The SMILES string of the molecule is CCN(Cc1ccccc1)c1ccc(NC(=O)CCOc2ccccc2)nn1.